The van der Waals surface area contributed by atoms with E-state index in [4.69, 9.17) is 14.0 Å². The van der Waals surface area contributed by atoms with E-state index in [2.05, 4.69) is 20.4 Å². The Morgan fingerprint density at radius 1 is 1.08 bits per heavy atom. The lowest BCUT2D eigenvalue weighted by Crippen LogP contribution is -2.14. The van der Waals surface area contributed by atoms with E-state index in [1.54, 1.807) is 19.4 Å². The number of amides is 1. The van der Waals surface area contributed by atoms with Crippen molar-refractivity contribution in [3.05, 3.63) is 72.1 Å². The number of thioether (sulfide) groups is 1. The normalized spacial score (nSPS) is 11.4. The average Bonchev–Trinajstić information content (AvgIpc) is 3.29. The molecule has 4 aromatic rings. The standard InChI is InChI=1S/C25H21F3N4O4S/c1-34-13-20-22(16-4-3-5-17(12-16)25(26,27)28)23(36-32-20)31-21(33)14-37-24-29-11-10-19(30-24)15-6-8-18(35-2)9-7-15/h3-12H,13-14H2,1-2H3,(H,31,33). The van der Waals surface area contributed by atoms with Crippen LogP contribution in [0.15, 0.2) is 70.5 Å². The number of hydrogen-bond donors (Lipinski definition) is 1. The Kier molecular flexibility index (Phi) is 8.09. The van der Waals surface area contributed by atoms with Crippen molar-refractivity contribution < 1.29 is 32.0 Å². The zero-order valence-electron chi connectivity index (χ0n) is 19.7. The number of benzene rings is 2. The summed E-state index contributed by atoms with van der Waals surface area (Å²) in [4.78, 5) is 21.4. The molecule has 1 N–H and O–H groups in total. The van der Waals surface area contributed by atoms with Crippen LogP contribution in [-0.4, -0.2) is 41.0 Å². The Balaban J connectivity index is 1.49. The van der Waals surface area contributed by atoms with Gasteiger partial charge in [0.2, 0.25) is 11.8 Å². The molecule has 2 heterocycles. The van der Waals surface area contributed by atoms with Gasteiger partial charge in [0.15, 0.2) is 5.16 Å². The van der Waals surface area contributed by atoms with E-state index in [0.717, 1.165) is 35.2 Å². The number of rotatable bonds is 9. The van der Waals surface area contributed by atoms with Gasteiger partial charge in [0.1, 0.15) is 11.4 Å². The fourth-order valence-corrected chi connectivity index (χ4v) is 4.05. The number of methoxy groups -OCH3 is 2. The van der Waals surface area contributed by atoms with Gasteiger partial charge in [-0.25, -0.2) is 9.97 Å². The van der Waals surface area contributed by atoms with E-state index in [1.165, 1.54) is 19.2 Å². The molecular weight excluding hydrogens is 509 g/mol. The molecule has 0 aliphatic carbocycles. The second-order valence-electron chi connectivity index (χ2n) is 7.63. The molecule has 0 aliphatic rings. The van der Waals surface area contributed by atoms with Crippen LogP contribution in [0.3, 0.4) is 0 Å². The van der Waals surface area contributed by atoms with Gasteiger partial charge in [-0.3, -0.25) is 10.1 Å². The van der Waals surface area contributed by atoms with Crippen LogP contribution in [0.2, 0.25) is 0 Å². The number of nitrogens with one attached hydrogen (secondary N) is 1. The number of carbonyl (C=O) groups excluding carboxylic acids is 1. The summed E-state index contributed by atoms with van der Waals surface area (Å²) in [6, 6.07) is 13.8. The van der Waals surface area contributed by atoms with Crippen molar-refractivity contribution in [2.75, 3.05) is 25.3 Å². The Hall–Kier alpha value is -3.90. The SMILES string of the molecule is COCc1noc(NC(=O)CSc2nccc(-c3ccc(OC)cc3)n2)c1-c1cccc(C(F)(F)F)c1. The van der Waals surface area contributed by atoms with Gasteiger partial charge >= 0.3 is 6.18 Å². The highest BCUT2D eigenvalue weighted by Crippen LogP contribution is 2.37. The summed E-state index contributed by atoms with van der Waals surface area (Å²) in [5, 5.41) is 6.82. The molecule has 4 rings (SSSR count). The van der Waals surface area contributed by atoms with Crippen molar-refractivity contribution in [1.82, 2.24) is 15.1 Å². The van der Waals surface area contributed by atoms with Crippen molar-refractivity contribution in [1.29, 1.82) is 0 Å². The van der Waals surface area contributed by atoms with E-state index in [-0.39, 0.29) is 35.1 Å². The highest BCUT2D eigenvalue weighted by atomic mass is 32.2. The number of aromatic nitrogens is 3. The zero-order valence-corrected chi connectivity index (χ0v) is 20.5. The molecule has 0 bridgehead atoms. The van der Waals surface area contributed by atoms with E-state index >= 15 is 0 Å². The van der Waals surface area contributed by atoms with Gasteiger partial charge in [0.25, 0.3) is 0 Å². The molecule has 0 saturated heterocycles. The fraction of sp³-hybridized carbons (Fsp3) is 0.200. The minimum atomic E-state index is -4.53. The van der Waals surface area contributed by atoms with Crippen LogP contribution in [0.5, 0.6) is 5.75 Å². The van der Waals surface area contributed by atoms with Crippen molar-refractivity contribution in [3.8, 4) is 28.1 Å². The van der Waals surface area contributed by atoms with Crippen LogP contribution in [-0.2, 0) is 22.3 Å². The van der Waals surface area contributed by atoms with Crippen LogP contribution in [0, 0.1) is 0 Å². The molecule has 0 fully saturated rings. The number of anilines is 1. The van der Waals surface area contributed by atoms with Crippen molar-refractivity contribution >= 4 is 23.6 Å². The van der Waals surface area contributed by atoms with Crippen LogP contribution < -0.4 is 10.1 Å². The fourth-order valence-electron chi connectivity index (χ4n) is 3.42. The molecule has 0 atom stereocenters. The predicted octanol–water partition coefficient (Wildman–Crippen LogP) is 5.70. The molecule has 0 unspecified atom stereocenters. The minimum absolute atomic E-state index is 0.0221. The molecule has 0 saturated carbocycles. The molecule has 192 valence electrons. The first-order valence-corrected chi connectivity index (χ1v) is 11.8. The molecule has 37 heavy (non-hydrogen) atoms. The lowest BCUT2D eigenvalue weighted by molar-refractivity contribution is -0.137. The van der Waals surface area contributed by atoms with Gasteiger partial charge in [-0.1, -0.05) is 29.1 Å². The highest BCUT2D eigenvalue weighted by Gasteiger charge is 2.31. The number of halogens is 3. The minimum Gasteiger partial charge on any atom is -0.497 e. The van der Waals surface area contributed by atoms with Gasteiger partial charge in [0.05, 0.1) is 36.3 Å². The first kappa shape index (κ1) is 26.2. The number of carbonyl (C=O) groups is 1. The molecule has 12 heteroatoms. The number of ether oxygens (including phenoxy) is 2. The van der Waals surface area contributed by atoms with Gasteiger partial charge < -0.3 is 14.0 Å². The molecule has 1 amide bonds. The molecule has 8 nitrogen and oxygen atoms in total. The Morgan fingerprint density at radius 3 is 2.57 bits per heavy atom. The third kappa shape index (κ3) is 6.46. The summed E-state index contributed by atoms with van der Waals surface area (Å²) >= 11 is 1.09. The summed E-state index contributed by atoms with van der Waals surface area (Å²) in [5.41, 5.74) is 1.33. The van der Waals surface area contributed by atoms with Crippen LogP contribution in [0.1, 0.15) is 11.3 Å². The largest absolute Gasteiger partial charge is 0.497 e. The first-order valence-electron chi connectivity index (χ1n) is 10.8. The molecular formula is C25H21F3N4O4S. The van der Waals surface area contributed by atoms with Crippen LogP contribution >= 0.6 is 11.8 Å². The molecule has 0 radical (unpaired) electrons. The second kappa shape index (κ2) is 11.4. The lowest BCUT2D eigenvalue weighted by atomic mass is 10.0. The average molecular weight is 531 g/mol. The maximum atomic E-state index is 13.2. The molecule has 2 aromatic heterocycles. The molecule has 0 aliphatic heterocycles. The van der Waals surface area contributed by atoms with Gasteiger partial charge in [0, 0.05) is 18.9 Å². The maximum Gasteiger partial charge on any atom is 0.416 e. The van der Waals surface area contributed by atoms with E-state index in [1.807, 2.05) is 24.3 Å². The van der Waals surface area contributed by atoms with Crippen LogP contribution in [0.4, 0.5) is 19.1 Å². The number of hydrogen-bond acceptors (Lipinski definition) is 8. The lowest BCUT2D eigenvalue weighted by Gasteiger charge is -2.10. The summed E-state index contributed by atoms with van der Waals surface area (Å²) in [6.45, 7) is -0.0221. The monoisotopic (exact) mass is 530 g/mol. The third-order valence-electron chi connectivity index (χ3n) is 5.13. The van der Waals surface area contributed by atoms with Crippen molar-refractivity contribution in [3.63, 3.8) is 0 Å². The second-order valence-corrected chi connectivity index (χ2v) is 8.58. The van der Waals surface area contributed by atoms with E-state index < -0.39 is 17.6 Å². The van der Waals surface area contributed by atoms with Crippen molar-refractivity contribution in [2.24, 2.45) is 0 Å². The van der Waals surface area contributed by atoms with Crippen molar-refractivity contribution in [2.45, 2.75) is 17.9 Å². The van der Waals surface area contributed by atoms with Gasteiger partial charge in [-0.05, 0) is 48.0 Å². The Morgan fingerprint density at radius 2 is 1.86 bits per heavy atom. The van der Waals surface area contributed by atoms with E-state index in [0.29, 0.717) is 10.9 Å². The maximum absolute atomic E-state index is 13.2. The van der Waals surface area contributed by atoms with Crippen LogP contribution in [0.25, 0.3) is 22.4 Å². The predicted molar refractivity (Wildman–Crippen MR) is 131 cm³/mol. The zero-order chi connectivity index (χ0) is 26.4. The summed E-state index contributed by atoms with van der Waals surface area (Å²) < 4.78 is 55.2. The smallest absolute Gasteiger partial charge is 0.416 e. The number of alkyl halides is 3. The topological polar surface area (TPSA) is 99.4 Å². The first-order chi connectivity index (χ1) is 17.8. The molecule has 2 aromatic carbocycles. The highest BCUT2D eigenvalue weighted by molar-refractivity contribution is 7.99. The Labute approximate surface area is 214 Å². The summed E-state index contributed by atoms with van der Waals surface area (Å²) in [6.07, 6.45) is -2.94. The van der Waals surface area contributed by atoms with Gasteiger partial charge in [-0.15, -0.1) is 0 Å². The Bertz CT molecular complexity index is 1380. The summed E-state index contributed by atoms with van der Waals surface area (Å²) in [7, 11) is 3.00. The number of nitrogens with zero attached hydrogens (tertiary/aromatic N) is 3. The van der Waals surface area contributed by atoms with E-state index in [9.17, 15) is 18.0 Å². The summed E-state index contributed by atoms with van der Waals surface area (Å²) in [5.74, 6) is 0.0883. The van der Waals surface area contributed by atoms with Gasteiger partial charge in [-0.2, -0.15) is 13.2 Å². The third-order valence-corrected chi connectivity index (χ3v) is 5.99. The molecule has 0 spiro atoms. The quantitative estimate of drug-likeness (QED) is 0.217.